The molecule has 0 bridgehead atoms. The monoisotopic (exact) mass is 260 g/mol. The maximum atomic E-state index is 5.91. The first-order valence-corrected chi connectivity index (χ1v) is 6.79. The van der Waals surface area contributed by atoms with Gasteiger partial charge in [0.2, 0.25) is 0 Å². The number of nitrogen functional groups attached to an aromatic ring is 1. The Morgan fingerprint density at radius 3 is 2.58 bits per heavy atom. The van der Waals surface area contributed by atoms with E-state index in [1.54, 1.807) is 0 Å². The van der Waals surface area contributed by atoms with Gasteiger partial charge in [-0.25, -0.2) is 0 Å². The second kappa shape index (κ2) is 4.74. The van der Waals surface area contributed by atoms with Gasteiger partial charge in [0.05, 0.1) is 5.69 Å². The first kappa shape index (κ1) is 12.3. The lowest BCUT2D eigenvalue weighted by Crippen LogP contribution is -2.49. The molecule has 5 heteroatoms. The van der Waals surface area contributed by atoms with Gasteiger partial charge in [-0.2, -0.15) is 4.98 Å². The number of aromatic nitrogens is 1. The molecule has 2 aromatic rings. The number of benzene rings is 1. The molecule has 5 nitrogen and oxygen atoms in total. The minimum atomic E-state index is 0.599. The molecule has 2 N–H and O–H groups in total. The molecule has 0 aliphatic carbocycles. The summed E-state index contributed by atoms with van der Waals surface area (Å²) in [5.41, 5.74) is 8.12. The maximum Gasteiger partial charge on any atom is 0.298 e. The summed E-state index contributed by atoms with van der Waals surface area (Å²) >= 11 is 0. The predicted molar refractivity (Wildman–Crippen MR) is 77.3 cm³/mol. The van der Waals surface area contributed by atoms with Crippen molar-refractivity contribution in [2.45, 2.75) is 19.9 Å². The zero-order valence-electron chi connectivity index (χ0n) is 11.5. The molecule has 19 heavy (non-hydrogen) atoms. The quantitative estimate of drug-likeness (QED) is 0.836. The van der Waals surface area contributed by atoms with E-state index in [1.165, 1.54) is 0 Å². The largest absolute Gasteiger partial charge is 0.423 e. The van der Waals surface area contributed by atoms with Gasteiger partial charge in [-0.3, -0.25) is 4.90 Å². The maximum absolute atomic E-state index is 5.91. The first-order chi connectivity index (χ1) is 9.15. The molecule has 1 aliphatic rings. The topological polar surface area (TPSA) is 58.5 Å². The Morgan fingerprint density at radius 2 is 1.95 bits per heavy atom. The van der Waals surface area contributed by atoms with E-state index in [-0.39, 0.29) is 0 Å². The zero-order chi connectivity index (χ0) is 13.4. The Bertz CT molecular complexity index is 570. The van der Waals surface area contributed by atoms with E-state index in [0.29, 0.717) is 17.7 Å². The fraction of sp³-hybridized carbons (Fsp3) is 0.500. The smallest absolute Gasteiger partial charge is 0.298 e. The molecule has 1 aromatic carbocycles. The van der Waals surface area contributed by atoms with Crippen LogP contribution in [0.25, 0.3) is 11.1 Å². The van der Waals surface area contributed by atoms with Crippen LogP contribution in [0.15, 0.2) is 22.6 Å². The normalized spacial score (nSPS) is 17.5. The van der Waals surface area contributed by atoms with Gasteiger partial charge >= 0.3 is 0 Å². The van der Waals surface area contributed by atoms with Gasteiger partial charge in [0.25, 0.3) is 6.01 Å². The molecule has 0 spiro atoms. The lowest BCUT2D eigenvalue weighted by molar-refractivity contribution is 0.206. The SMILES string of the molecule is CC(C)N1CCN(c2nc3c(N)cccc3o2)CC1. The van der Waals surface area contributed by atoms with Crippen molar-refractivity contribution in [3.63, 3.8) is 0 Å². The molecule has 3 rings (SSSR count). The van der Waals surface area contributed by atoms with Gasteiger partial charge in [0.1, 0.15) is 5.52 Å². The molecule has 102 valence electrons. The minimum Gasteiger partial charge on any atom is -0.423 e. The fourth-order valence-corrected chi connectivity index (χ4v) is 2.52. The summed E-state index contributed by atoms with van der Waals surface area (Å²) in [5, 5.41) is 0. The number of anilines is 2. The van der Waals surface area contributed by atoms with E-state index in [4.69, 9.17) is 10.2 Å². The number of rotatable bonds is 2. The minimum absolute atomic E-state index is 0.599. The summed E-state index contributed by atoms with van der Waals surface area (Å²) in [6, 6.07) is 6.94. The number of para-hydroxylation sites is 1. The number of piperazine rings is 1. The number of oxazole rings is 1. The van der Waals surface area contributed by atoms with Crippen molar-refractivity contribution in [3.05, 3.63) is 18.2 Å². The van der Waals surface area contributed by atoms with Crippen LogP contribution in [0.5, 0.6) is 0 Å². The molecule has 0 unspecified atom stereocenters. The summed E-state index contributed by atoms with van der Waals surface area (Å²) in [4.78, 5) is 9.18. The molecule has 0 saturated carbocycles. The van der Waals surface area contributed by atoms with Crippen LogP contribution < -0.4 is 10.6 Å². The fourth-order valence-electron chi connectivity index (χ4n) is 2.52. The molecule has 1 saturated heterocycles. The summed E-state index contributed by atoms with van der Waals surface area (Å²) in [6.07, 6.45) is 0. The molecule has 1 aliphatic heterocycles. The predicted octanol–water partition coefficient (Wildman–Crippen LogP) is 1.94. The van der Waals surface area contributed by atoms with E-state index in [1.807, 2.05) is 18.2 Å². The Hall–Kier alpha value is -1.75. The first-order valence-electron chi connectivity index (χ1n) is 6.79. The second-order valence-electron chi connectivity index (χ2n) is 5.31. The molecule has 0 atom stereocenters. The third kappa shape index (κ3) is 2.26. The summed E-state index contributed by atoms with van der Waals surface area (Å²) in [7, 11) is 0. The van der Waals surface area contributed by atoms with Crippen LogP contribution >= 0.6 is 0 Å². The lowest BCUT2D eigenvalue weighted by atomic mass is 10.2. The van der Waals surface area contributed by atoms with Gasteiger partial charge in [-0.05, 0) is 26.0 Å². The Balaban J connectivity index is 1.80. The molecule has 2 heterocycles. The average Bonchev–Trinajstić information content (AvgIpc) is 2.84. The Morgan fingerprint density at radius 1 is 1.21 bits per heavy atom. The van der Waals surface area contributed by atoms with Crippen LogP contribution in [0.4, 0.5) is 11.7 Å². The van der Waals surface area contributed by atoms with E-state index in [2.05, 4.69) is 28.6 Å². The van der Waals surface area contributed by atoms with Crippen molar-refractivity contribution in [3.8, 4) is 0 Å². The van der Waals surface area contributed by atoms with Gasteiger partial charge in [0.15, 0.2) is 5.58 Å². The van der Waals surface area contributed by atoms with Gasteiger partial charge in [-0.15, -0.1) is 0 Å². The van der Waals surface area contributed by atoms with Crippen LogP contribution in [-0.2, 0) is 0 Å². The highest BCUT2D eigenvalue weighted by Gasteiger charge is 2.22. The number of fused-ring (bicyclic) bond motifs is 1. The third-order valence-corrected chi connectivity index (χ3v) is 3.75. The van der Waals surface area contributed by atoms with Crippen molar-refractivity contribution in [2.24, 2.45) is 0 Å². The van der Waals surface area contributed by atoms with Crippen molar-refractivity contribution < 1.29 is 4.42 Å². The third-order valence-electron chi connectivity index (χ3n) is 3.75. The molecule has 1 aromatic heterocycles. The highest BCUT2D eigenvalue weighted by Crippen LogP contribution is 2.26. The Labute approximate surface area is 113 Å². The van der Waals surface area contributed by atoms with Crippen LogP contribution in [0, 0.1) is 0 Å². The molecular formula is C14H20N4O. The van der Waals surface area contributed by atoms with Crippen LogP contribution in [-0.4, -0.2) is 42.1 Å². The lowest BCUT2D eigenvalue weighted by Gasteiger charge is -2.36. The Kier molecular flexibility index (Phi) is 3.06. The number of nitrogens with two attached hydrogens (primary N) is 1. The summed E-state index contributed by atoms with van der Waals surface area (Å²) in [6.45, 7) is 8.46. The number of hydrogen-bond acceptors (Lipinski definition) is 5. The molecule has 1 fully saturated rings. The van der Waals surface area contributed by atoms with Gasteiger partial charge in [0, 0.05) is 32.2 Å². The van der Waals surface area contributed by atoms with Crippen LogP contribution in [0.2, 0.25) is 0 Å². The number of nitrogens with zero attached hydrogens (tertiary/aromatic N) is 3. The van der Waals surface area contributed by atoms with Crippen molar-refractivity contribution in [1.29, 1.82) is 0 Å². The highest BCUT2D eigenvalue weighted by atomic mass is 16.4. The molecule has 0 radical (unpaired) electrons. The number of hydrogen-bond donors (Lipinski definition) is 1. The van der Waals surface area contributed by atoms with E-state index < -0.39 is 0 Å². The standard InChI is InChI=1S/C14H20N4O/c1-10(2)17-6-8-18(9-7-17)14-16-13-11(15)4-3-5-12(13)19-14/h3-5,10H,6-9,15H2,1-2H3. The van der Waals surface area contributed by atoms with Gasteiger partial charge < -0.3 is 15.1 Å². The molecule has 0 amide bonds. The summed E-state index contributed by atoms with van der Waals surface area (Å²) in [5.74, 6) is 0. The van der Waals surface area contributed by atoms with E-state index in [9.17, 15) is 0 Å². The van der Waals surface area contributed by atoms with E-state index >= 15 is 0 Å². The van der Waals surface area contributed by atoms with Crippen molar-refractivity contribution in [1.82, 2.24) is 9.88 Å². The zero-order valence-corrected chi connectivity index (χ0v) is 11.5. The van der Waals surface area contributed by atoms with Crippen LogP contribution in [0.1, 0.15) is 13.8 Å². The highest BCUT2D eigenvalue weighted by molar-refractivity contribution is 5.86. The second-order valence-corrected chi connectivity index (χ2v) is 5.31. The van der Waals surface area contributed by atoms with Gasteiger partial charge in [-0.1, -0.05) is 6.07 Å². The summed E-state index contributed by atoms with van der Waals surface area (Å²) < 4.78 is 5.80. The molecular weight excluding hydrogens is 240 g/mol. The van der Waals surface area contributed by atoms with Crippen molar-refractivity contribution >= 4 is 22.8 Å². The van der Waals surface area contributed by atoms with Crippen LogP contribution in [0.3, 0.4) is 0 Å². The van der Waals surface area contributed by atoms with E-state index in [0.717, 1.165) is 37.3 Å². The average molecular weight is 260 g/mol. The van der Waals surface area contributed by atoms with Crippen molar-refractivity contribution in [2.75, 3.05) is 36.8 Å².